The van der Waals surface area contributed by atoms with Crippen LogP contribution in [-0.4, -0.2) is 89.5 Å². The summed E-state index contributed by atoms with van der Waals surface area (Å²) < 4.78 is 20.2. The molecule has 0 unspecified atom stereocenters. The Morgan fingerprint density at radius 1 is 1.07 bits per heavy atom. The number of likely N-dealkylation sites (tertiary alicyclic amines) is 1. The number of fused-ring (bicyclic) bond motifs is 1. The highest BCUT2D eigenvalue weighted by Crippen LogP contribution is 2.36. The van der Waals surface area contributed by atoms with E-state index in [4.69, 9.17) is 19.9 Å². The van der Waals surface area contributed by atoms with E-state index in [9.17, 15) is 0 Å². The van der Waals surface area contributed by atoms with E-state index in [-0.39, 0.29) is 11.5 Å². The van der Waals surface area contributed by atoms with E-state index < -0.39 is 0 Å². The Morgan fingerprint density at radius 3 is 2.50 bits per heavy atom. The monoisotopic (exact) mass is 551 g/mol. The van der Waals surface area contributed by atoms with E-state index in [1.54, 1.807) is 14.2 Å². The van der Waals surface area contributed by atoms with E-state index in [1.807, 2.05) is 12.3 Å². The van der Waals surface area contributed by atoms with Gasteiger partial charge in [-0.25, -0.2) is 4.98 Å². The molecule has 0 aliphatic carbocycles. The maximum Gasteiger partial charge on any atom is 0.222 e. The summed E-state index contributed by atoms with van der Waals surface area (Å²) in [5, 5.41) is 3.48. The van der Waals surface area contributed by atoms with Gasteiger partial charge in [-0.3, -0.25) is 9.80 Å². The maximum absolute atomic E-state index is 6.25. The molecule has 10 heteroatoms. The van der Waals surface area contributed by atoms with Crippen molar-refractivity contribution in [1.82, 2.24) is 24.3 Å². The molecular weight excluding hydrogens is 506 g/mol. The summed E-state index contributed by atoms with van der Waals surface area (Å²) in [6.07, 6.45) is 5.43. The van der Waals surface area contributed by atoms with Crippen LogP contribution in [0.15, 0.2) is 24.4 Å². The highest BCUT2D eigenvalue weighted by atomic mass is 16.5. The number of morpholine rings is 1. The van der Waals surface area contributed by atoms with E-state index in [2.05, 4.69) is 62.6 Å². The van der Waals surface area contributed by atoms with Gasteiger partial charge in [-0.15, -0.1) is 0 Å². The van der Waals surface area contributed by atoms with Gasteiger partial charge in [0, 0.05) is 51.5 Å². The normalized spacial score (nSPS) is 17.4. The highest BCUT2D eigenvalue weighted by Gasteiger charge is 2.47. The lowest BCUT2D eigenvalue weighted by molar-refractivity contribution is -0.189. The lowest BCUT2D eigenvalue weighted by Crippen LogP contribution is -2.70. The number of nitrogens with zero attached hydrogens (tertiary/aromatic N) is 5. The number of benzene rings is 1. The number of nitrogen functional groups attached to an aromatic ring is 1. The molecule has 3 N–H and O–H groups in total. The first-order valence-electron chi connectivity index (χ1n) is 14.5. The second-order valence-electron chi connectivity index (χ2n) is 11.5. The van der Waals surface area contributed by atoms with E-state index in [0.29, 0.717) is 12.6 Å². The van der Waals surface area contributed by atoms with Gasteiger partial charge < -0.3 is 29.8 Å². The Bertz CT molecular complexity index is 1280. The van der Waals surface area contributed by atoms with Crippen LogP contribution < -0.4 is 20.5 Å². The Labute approximate surface area is 237 Å². The molecule has 1 spiro atoms. The van der Waals surface area contributed by atoms with Crippen molar-refractivity contribution in [2.75, 3.05) is 64.6 Å². The summed E-state index contributed by atoms with van der Waals surface area (Å²) in [4.78, 5) is 14.0. The predicted molar refractivity (Wildman–Crippen MR) is 159 cm³/mol. The average Bonchev–Trinajstić information content (AvgIpc) is 3.33. The summed E-state index contributed by atoms with van der Waals surface area (Å²) in [7, 11) is 3.44. The summed E-state index contributed by atoms with van der Waals surface area (Å²) >= 11 is 0. The molecule has 2 aliphatic rings. The molecule has 2 saturated heterocycles. The Morgan fingerprint density at radius 2 is 1.82 bits per heavy atom. The number of nitrogens with one attached hydrogen (secondary N) is 1. The quantitative estimate of drug-likeness (QED) is 0.324. The molecule has 0 saturated carbocycles. The first kappa shape index (κ1) is 28.4. The van der Waals surface area contributed by atoms with Gasteiger partial charge in [0.25, 0.3) is 0 Å². The lowest BCUT2D eigenvalue weighted by Gasteiger charge is -2.54. The minimum atomic E-state index is -0.0418. The Hall–Kier alpha value is -3.08. The summed E-state index contributed by atoms with van der Waals surface area (Å²) in [5.74, 6) is 2.64. The number of hydrogen-bond acceptors (Lipinski definition) is 9. The highest BCUT2D eigenvalue weighted by molar-refractivity contribution is 5.87. The van der Waals surface area contributed by atoms with Crippen LogP contribution in [-0.2, 0) is 17.8 Å². The number of aromatic nitrogens is 3. The minimum absolute atomic E-state index is 0.0418. The third kappa shape index (κ3) is 5.99. The lowest BCUT2D eigenvalue weighted by atomic mass is 9.90. The number of rotatable bonds is 12. The number of hydrogen-bond donors (Lipinski definition) is 2. The second-order valence-corrected chi connectivity index (χ2v) is 11.5. The van der Waals surface area contributed by atoms with Crippen molar-refractivity contribution in [3.8, 4) is 11.5 Å². The van der Waals surface area contributed by atoms with E-state index in [1.165, 1.54) is 6.42 Å². The van der Waals surface area contributed by atoms with Crippen molar-refractivity contribution in [3.63, 3.8) is 0 Å². The van der Waals surface area contributed by atoms with Crippen molar-refractivity contribution < 1.29 is 14.2 Å². The first-order valence-corrected chi connectivity index (χ1v) is 14.5. The summed E-state index contributed by atoms with van der Waals surface area (Å²) in [6.45, 7) is 13.6. The molecule has 4 heterocycles. The van der Waals surface area contributed by atoms with Gasteiger partial charge in [-0.2, -0.15) is 4.98 Å². The van der Waals surface area contributed by atoms with Crippen LogP contribution in [0.5, 0.6) is 11.5 Å². The number of ether oxygens (including phenoxy) is 3. The molecule has 2 fully saturated rings. The molecule has 2 aromatic heterocycles. The molecule has 10 nitrogen and oxygen atoms in total. The van der Waals surface area contributed by atoms with Gasteiger partial charge in [-0.05, 0) is 44.0 Å². The number of unbranched alkanes of at least 4 members (excludes halogenated alkanes) is 2. The standard InChI is InChI=1S/C30H45N7O3/c1-6-7-8-10-32-28-27-24(33-29(31)34-28)9-11-36(27)17-23-25(38-4)14-22(15-26(23)39-5)16-35-18-30(19-35)20-37(21(2)3)12-13-40-30/h9,11,14-15,21H,6-8,10,12-13,16-20H2,1-5H3,(H3,31,32,33,34). The summed E-state index contributed by atoms with van der Waals surface area (Å²) in [5.41, 5.74) is 9.85. The Kier molecular flexibility index (Phi) is 8.68. The van der Waals surface area contributed by atoms with Crippen LogP contribution in [0.3, 0.4) is 0 Å². The van der Waals surface area contributed by atoms with E-state index >= 15 is 0 Å². The second kappa shape index (κ2) is 12.2. The van der Waals surface area contributed by atoms with Crippen LogP contribution in [0.2, 0.25) is 0 Å². The van der Waals surface area contributed by atoms with Crippen molar-refractivity contribution in [3.05, 3.63) is 35.5 Å². The minimum Gasteiger partial charge on any atom is -0.496 e. The number of methoxy groups -OCH3 is 2. The Balaban J connectivity index is 1.34. The van der Waals surface area contributed by atoms with Gasteiger partial charge in [0.1, 0.15) is 22.6 Å². The van der Waals surface area contributed by atoms with Gasteiger partial charge >= 0.3 is 0 Å². The SMILES string of the molecule is CCCCCNc1nc(N)nc2ccn(Cc3c(OC)cc(CN4CC5(C4)CN(C(C)C)CCO5)cc3OC)c12. The summed E-state index contributed by atoms with van der Waals surface area (Å²) in [6, 6.07) is 6.79. The molecule has 40 heavy (non-hydrogen) atoms. The van der Waals surface area contributed by atoms with Crippen LogP contribution in [0.25, 0.3) is 11.0 Å². The molecule has 218 valence electrons. The van der Waals surface area contributed by atoms with Crippen molar-refractivity contribution in [2.24, 2.45) is 0 Å². The predicted octanol–water partition coefficient (Wildman–Crippen LogP) is 3.98. The van der Waals surface area contributed by atoms with Crippen molar-refractivity contribution >= 4 is 22.8 Å². The molecule has 3 aromatic rings. The van der Waals surface area contributed by atoms with Crippen LogP contribution >= 0.6 is 0 Å². The fourth-order valence-electron chi connectivity index (χ4n) is 6.06. The third-order valence-electron chi connectivity index (χ3n) is 8.13. The third-order valence-corrected chi connectivity index (χ3v) is 8.13. The molecule has 0 radical (unpaired) electrons. The topological polar surface area (TPSA) is 103 Å². The van der Waals surface area contributed by atoms with E-state index in [0.717, 1.165) is 98.2 Å². The number of anilines is 2. The van der Waals surface area contributed by atoms with Crippen LogP contribution in [0.4, 0.5) is 11.8 Å². The molecule has 5 rings (SSSR count). The zero-order valence-electron chi connectivity index (χ0n) is 24.7. The molecule has 2 aliphatic heterocycles. The van der Waals surface area contributed by atoms with Crippen LogP contribution in [0, 0.1) is 0 Å². The zero-order valence-corrected chi connectivity index (χ0v) is 24.7. The number of nitrogens with two attached hydrogens (primary N) is 1. The van der Waals surface area contributed by atoms with Gasteiger partial charge in [0.05, 0.1) is 38.5 Å². The molecule has 0 bridgehead atoms. The molecule has 0 amide bonds. The molecular formula is C30H45N7O3. The van der Waals surface area contributed by atoms with Crippen LogP contribution in [0.1, 0.15) is 51.2 Å². The molecule has 1 aromatic carbocycles. The zero-order chi connectivity index (χ0) is 28.3. The first-order chi connectivity index (χ1) is 19.3. The average molecular weight is 552 g/mol. The fraction of sp³-hybridized carbons (Fsp3) is 0.600. The van der Waals surface area contributed by atoms with Gasteiger partial charge in [-0.1, -0.05) is 19.8 Å². The van der Waals surface area contributed by atoms with Crippen molar-refractivity contribution in [1.29, 1.82) is 0 Å². The smallest absolute Gasteiger partial charge is 0.222 e. The van der Waals surface area contributed by atoms with Gasteiger partial charge in [0.2, 0.25) is 5.95 Å². The largest absolute Gasteiger partial charge is 0.496 e. The maximum atomic E-state index is 6.25. The van der Waals surface area contributed by atoms with Crippen molar-refractivity contribution in [2.45, 2.75) is 64.8 Å². The van der Waals surface area contributed by atoms with Gasteiger partial charge in [0.15, 0.2) is 5.82 Å². The molecule has 0 atom stereocenters. The fourth-order valence-corrected chi connectivity index (χ4v) is 6.06.